The number of anilines is 1. The first-order chi connectivity index (χ1) is 10.5. The molecule has 0 saturated heterocycles. The monoisotopic (exact) mass is 363 g/mol. The molecule has 0 unspecified atom stereocenters. The van der Waals surface area contributed by atoms with E-state index in [-0.39, 0.29) is 5.91 Å². The number of benzene rings is 2. The summed E-state index contributed by atoms with van der Waals surface area (Å²) in [5.74, 6) is 0.980. The molecule has 4 nitrogen and oxygen atoms in total. The molecular formula is C17H18BrNO3. The van der Waals surface area contributed by atoms with E-state index in [0.717, 1.165) is 11.3 Å². The standard InChI is InChI=1S/C17H18BrNO3/c1-11-5-7-13(8-6-11)19(2)17(20)12-9-14(21-3)16(18)15(10-12)22-4/h5-10H,1-4H3. The molecule has 2 aromatic rings. The molecule has 0 atom stereocenters. The number of hydrogen-bond donors (Lipinski definition) is 0. The first-order valence-electron chi connectivity index (χ1n) is 6.74. The Morgan fingerprint density at radius 3 is 2.00 bits per heavy atom. The van der Waals surface area contributed by atoms with Gasteiger partial charge >= 0.3 is 0 Å². The summed E-state index contributed by atoms with van der Waals surface area (Å²) >= 11 is 3.40. The van der Waals surface area contributed by atoms with Crippen molar-refractivity contribution in [2.24, 2.45) is 0 Å². The molecule has 0 aromatic heterocycles. The van der Waals surface area contributed by atoms with Gasteiger partial charge in [0.1, 0.15) is 16.0 Å². The van der Waals surface area contributed by atoms with Crippen LogP contribution in [0.1, 0.15) is 15.9 Å². The quantitative estimate of drug-likeness (QED) is 0.822. The maximum atomic E-state index is 12.7. The molecule has 22 heavy (non-hydrogen) atoms. The third-order valence-corrected chi connectivity index (χ3v) is 4.20. The van der Waals surface area contributed by atoms with Gasteiger partial charge in [0.25, 0.3) is 5.91 Å². The van der Waals surface area contributed by atoms with Gasteiger partial charge in [0.05, 0.1) is 14.2 Å². The van der Waals surface area contributed by atoms with E-state index in [4.69, 9.17) is 9.47 Å². The predicted octanol–water partition coefficient (Wildman–Crippen LogP) is 4.05. The average Bonchev–Trinajstić information content (AvgIpc) is 2.54. The first-order valence-corrected chi connectivity index (χ1v) is 7.53. The van der Waals surface area contributed by atoms with Crippen molar-refractivity contribution in [1.29, 1.82) is 0 Å². The summed E-state index contributed by atoms with van der Waals surface area (Å²) < 4.78 is 11.3. The summed E-state index contributed by atoms with van der Waals surface area (Å²) in [4.78, 5) is 14.3. The van der Waals surface area contributed by atoms with Gasteiger partial charge in [-0.25, -0.2) is 0 Å². The number of aryl methyl sites for hydroxylation is 1. The van der Waals surface area contributed by atoms with Crippen molar-refractivity contribution >= 4 is 27.5 Å². The Labute approximate surface area is 138 Å². The van der Waals surface area contributed by atoms with Crippen LogP contribution >= 0.6 is 15.9 Å². The van der Waals surface area contributed by atoms with Crippen molar-refractivity contribution in [1.82, 2.24) is 0 Å². The van der Waals surface area contributed by atoms with Crippen LogP contribution in [0, 0.1) is 6.92 Å². The summed E-state index contributed by atoms with van der Waals surface area (Å²) in [6.07, 6.45) is 0. The van der Waals surface area contributed by atoms with Crippen LogP contribution < -0.4 is 14.4 Å². The van der Waals surface area contributed by atoms with Crippen LogP contribution in [-0.4, -0.2) is 27.2 Å². The largest absolute Gasteiger partial charge is 0.495 e. The van der Waals surface area contributed by atoms with Crippen LogP contribution in [0.3, 0.4) is 0 Å². The number of nitrogens with zero attached hydrogens (tertiary/aromatic N) is 1. The summed E-state index contributed by atoms with van der Waals surface area (Å²) in [7, 11) is 4.85. The number of methoxy groups -OCH3 is 2. The Balaban J connectivity index is 2.38. The van der Waals surface area contributed by atoms with Crippen molar-refractivity contribution < 1.29 is 14.3 Å². The molecule has 1 amide bonds. The molecular weight excluding hydrogens is 346 g/mol. The van der Waals surface area contributed by atoms with Crippen LogP contribution in [0.4, 0.5) is 5.69 Å². The van der Waals surface area contributed by atoms with Gasteiger partial charge in [0.15, 0.2) is 0 Å². The number of amides is 1. The van der Waals surface area contributed by atoms with Gasteiger partial charge in [-0.2, -0.15) is 0 Å². The third-order valence-electron chi connectivity index (χ3n) is 3.42. The molecule has 0 bridgehead atoms. The SMILES string of the molecule is COc1cc(C(=O)N(C)c2ccc(C)cc2)cc(OC)c1Br. The zero-order valence-corrected chi connectivity index (χ0v) is 14.6. The number of carbonyl (C=O) groups excluding carboxylic acids is 1. The highest BCUT2D eigenvalue weighted by atomic mass is 79.9. The fraction of sp³-hybridized carbons (Fsp3) is 0.235. The molecule has 0 aliphatic carbocycles. The van der Waals surface area contributed by atoms with Gasteiger partial charge in [-0.15, -0.1) is 0 Å². The molecule has 0 aliphatic heterocycles. The van der Waals surface area contributed by atoms with Crippen LogP contribution in [-0.2, 0) is 0 Å². The number of ether oxygens (including phenoxy) is 2. The number of carbonyl (C=O) groups is 1. The minimum Gasteiger partial charge on any atom is -0.495 e. The molecule has 116 valence electrons. The number of rotatable bonds is 4. The van der Waals surface area contributed by atoms with Crippen molar-refractivity contribution in [2.75, 3.05) is 26.2 Å². The first kappa shape index (κ1) is 16.4. The molecule has 0 fully saturated rings. The molecule has 0 heterocycles. The molecule has 0 radical (unpaired) electrons. The van der Waals surface area contributed by atoms with Crippen LogP contribution in [0.15, 0.2) is 40.9 Å². The van der Waals surface area contributed by atoms with Crippen molar-refractivity contribution in [3.05, 3.63) is 52.0 Å². The van der Waals surface area contributed by atoms with Crippen LogP contribution in [0.2, 0.25) is 0 Å². The number of hydrogen-bond acceptors (Lipinski definition) is 3. The molecule has 0 aliphatic rings. The van der Waals surface area contributed by atoms with Crippen molar-refractivity contribution in [3.8, 4) is 11.5 Å². The van der Waals surface area contributed by atoms with E-state index in [2.05, 4.69) is 15.9 Å². The molecule has 2 aromatic carbocycles. The Hall–Kier alpha value is -2.01. The zero-order chi connectivity index (χ0) is 16.3. The Morgan fingerprint density at radius 2 is 1.55 bits per heavy atom. The van der Waals surface area contributed by atoms with E-state index in [1.54, 1.807) is 38.3 Å². The van der Waals surface area contributed by atoms with Crippen molar-refractivity contribution in [2.45, 2.75) is 6.92 Å². The third kappa shape index (κ3) is 3.25. The van der Waals surface area contributed by atoms with Gasteiger partial charge < -0.3 is 14.4 Å². The highest BCUT2D eigenvalue weighted by Gasteiger charge is 2.18. The zero-order valence-electron chi connectivity index (χ0n) is 13.0. The second-order valence-corrected chi connectivity index (χ2v) is 5.69. The summed E-state index contributed by atoms with van der Waals surface area (Å²) in [5, 5.41) is 0. The molecule has 2 rings (SSSR count). The van der Waals surface area contributed by atoms with Crippen LogP contribution in [0.25, 0.3) is 0 Å². The van der Waals surface area contributed by atoms with E-state index in [0.29, 0.717) is 21.5 Å². The fourth-order valence-corrected chi connectivity index (χ4v) is 2.62. The molecule has 5 heteroatoms. The Bertz CT molecular complexity index is 658. The van der Waals surface area contributed by atoms with Gasteiger partial charge in [0, 0.05) is 18.3 Å². The molecule has 0 spiro atoms. The summed E-state index contributed by atoms with van der Waals surface area (Å²) in [5.41, 5.74) is 2.48. The summed E-state index contributed by atoms with van der Waals surface area (Å²) in [6, 6.07) is 11.2. The van der Waals surface area contributed by atoms with Crippen LogP contribution in [0.5, 0.6) is 11.5 Å². The van der Waals surface area contributed by atoms with Gasteiger partial charge in [-0.05, 0) is 47.1 Å². The fourth-order valence-electron chi connectivity index (χ4n) is 2.07. The maximum absolute atomic E-state index is 12.7. The lowest BCUT2D eigenvalue weighted by Gasteiger charge is -2.19. The van der Waals surface area contributed by atoms with E-state index >= 15 is 0 Å². The predicted molar refractivity (Wildman–Crippen MR) is 91.2 cm³/mol. The van der Waals surface area contributed by atoms with E-state index in [9.17, 15) is 4.79 Å². The minimum atomic E-state index is -0.132. The van der Waals surface area contributed by atoms with Crippen molar-refractivity contribution in [3.63, 3.8) is 0 Å². The van der Waals surface area contributed by atoms with Gasteiger partial charge in [0.2, 0.25) is 0 Å². The molecule has 0 N–H and O–H groups in total. The van der Waals surface area contributed by atoms with Gasteiger partial charge in [-0.3, -0.25) is 4.79 Å². The lowest BCUT2D eigenvalue weighted by atomic mass is 10.1. The minimum absolute atomic E-state index is 0.132. The Kier molecular flexibility index (Phi) is 5.08. The average molecular weight is 364 g/mol. The molecule has 0 saturated carbocycles. The smallest absolute Gasteiger partial charge is 0.258 e. The normalized spacial score (nSPS) is 10.2. The van der Waals surface area contributed by atoms with Gasteiger partial charge in [-0.1, -0.05) is 17.7 Å². The van der Waals surface area contributed by atoms with E-state index in [1.807, 2.05) is 31.2 Å². The summed E-state index contributed by atoms with van der Waals surface area (Å²) in [6.45, 7) is 2.01. The lowest BCUT2D eigenvalue weighted by Crippen LogP contribution is -2.26. The lowest BCUT2D eigenvalue weighted by molar-refractivity contribution is 0.0992. The second kappa shape index (κ2) is 6.83. The van der Waals surface area contributed by atoms with E-state index < -0.39 is 0 Å². The highest BCUT2D eigenvalue weighted by molar-refractivity contribution is 9.10. The topological polar surface area (TPSA) is 38.8 Å². The number of halogens is 1. The second-order valence-electron chi connectivity index (χ2n) is 4.89. The van der Waals surface area contributed by atoms with E-state index in [1.165, 1.54) is 0 Å². The highest BCUT2D eigenvalue weighted by Crippen LogP contribution is 2.36. The maximum Gasteiger partial charge on any atom is 0.258 e. The Morgan fingerprint density at radius 1 is 1.05 bits per heavy atom.